The van der Waals surface area contributed by atoms with Crippen molar-refractivity contribution in [1.82, 2.24) is 15.1 Å². The van der Waals surface area contributed by atoms with Crippen molar-refractivity contribution < 1.29 is 33.2 Å². The molecular formula is C27H34BF2N5O5. The molecule has 2 atom stereocenters. The van der Waals surface area contributed by atoms with Gasteiger partial charge in [0.1, 0.15) is 18.2 Å². The van der Waals surface area contributed by atoms with Crippen molar-refractivity contribution in [2.45, 2.75) is 69.4 Å². The SMILES string of the molecule is CC(C)(C=C(C#N)C(=O)N1CCCC[C@@H]1COC(=O)NC(Cc1ccccc1C#N)B(O)O)N1CCC(F)(F)C1. The molecule has 1 unspecified atom stereocenters. The van der Waals surface area contributed by atoms with Gasteiger partial charge in [-0.2, -0.15) is 10.5 Å². The Morgan fingerprint density at radius 3 is 2.62 bits per heavy atom. The molecule has 1 aromatic rings. The summed E-state index contributed by atoms with van der Waals surface area (Å²) in [5, 5.41) is 41.0. The van der Waals surface area contributed by atoms with E-state index in [9.17, 15) is 38.9 Å². The Morgan fingerprint density at radius 1 is 1.27 bits per heavy atom. The van der Waals surface area contributed by atoms with Crippen molar-refractivity contribution in [3.8, 4) is 12.1 Å². The number of nitrogens with zero attached hydrogens (tertiary/aromatic N) is 4. The molecule has 10 nitrogen and oxygen atoms in total. The molecule has 13 heteroatoms. The van der Waals surface area contributed by atoms with Crippen LogP contribution in [0.5, 0.6) is 0 Å². The fraction of sp³-hybridized carbons (Fsp3) is 0.556. The molecule has 0 spiro atoms. The number of nitrogens with one attached hydrogen (secondary N) is 1. The Bertz CT molecular complexity index is 1200. The number of piperidine rings is 1. The van der Waals surface area contributed by atoms with E-state index < -0.39 is 49.1 Å². The second-order valence-corrected chi connectivity index (χ2v) is 10.7. The van der Waals surface area contributed by atoms with Crippen molar-refractivity contribution in [2.24, 2.45) is 0 Å². The molecule has 0 aromatic heterocycles. The van der Waals surface area contributed by atoms with E-state index in [0.29, 0.717) is 30.5 Å². The van der Waals surface area contributed by atoms with Crippen LogP contribution in [-0.2, 0) is 16.0 Å². The first-order valence-electron chi connectivity index (χ1n) is 13.2. The second kappa shape index (κ2) is 13.2. The first-order chi connectivity index (χ1) is 18.9. The van der Waals surface area contributed by atoms with Gasteiger partial charge in [0.2, 0.25) is 0 Å². The molecule has 3 rings (SSSR count). The summed E-state index contributed by atoms with van der Waals surface area (Å²) in [4.78, 5) is 28.9. The number of likely N-dealkylation sites (tertiary alicyclic amines) is 2. The number of hydrogen-bond acceptors (Lipinski definition) is 8. The van der Waals surface area contributed by atoms with Crippen molar-refractivity contribution >= 4 is 19.1 Å². The van der Waals surface area contributed by atoms with Crippen LogP contribution in [0.4, 0.5) is 13.6 Å². The largest absolute Gasteiger partial charge is 0.475 e. The minimum absolute atomic E-state index is 0.0282. The van der Waals surface area contributed by atoms with E-state index >= 15 is 0 Å². The van der Waals surface area contributed by atoms with Gasteiger partial charge in [-0.05, 0) is 57.2 Å². The average Bonchev–Trinajstić information content (AvgIpc) is 3.30. The van der Waals surface area contributed by atoms with Gasteiger partial charge in [-0.1, -0.05) is 18.2 Å². The molecule has 214 valence electrons. The molecular weight excluding hydrogens is 523 g/mol. The highest BCUT2D eigenvalue weighted by Crippen LogP contribution is 2.33. The van der Waals surface area contributed by atoms with Gasteiger partial charge in [0.25, 0.3) is 11.8 Å². The highest BCUT2D eigenvalue weighted by molar-refractivity contribution is 6.43. The smallest absolute Gasteiger partial charge is 0.447 e. The summed E-state index contributed by atoms with van der Waals surface area (Å²) in [5.41, 5.74) is -0.269. The van der Waals surface area contributed by atoms with Crippen molar-refractivity contribution in [1.29, 1.82) is 10.5 Å². The highest BCUT2D eigenvalue weighted by atomic mass is 19.3. The average molecular weight is 557 g/mol. The summed E-state index contributed by atoms with van der Waals surface area (Å²) in [7, 11) is -1.92. The van der Waals surface area contributed by atoms with Gasteiger partial charge in [-0.25, -0.2) is 13.6 Å². The molecule has 1 aromatic carbocycles. The third-order valence-corrected chi connectivity index (χ3v) is 7.37. The van der Waals surface area contributed by atoms with Crippen LogP contribution in [0.3, 0.4) is 0 Å². The van der Waals surface area contributed by atoms with Gasteiger partial charge in [0, 0.05) is 25.0 Å². The minimum Gasteiger partial charge on any atom is -0.447 e. The maximum absolute atomic E-state index is 13.8. The maximum Gasteiger partial charge on any atom is 0.475 e. The van der Waals surface area contributed by atoms with Gasteiger partial charge in [-0.3, -0.25) is 9.69 Å². The normalized spacial score (nSPS) is 20.2. The lowest BCUT2D eigenvalue weighted by atomic mass is 9.75. The molecule has 40 heavy (non-hydrogen) atoms. The van der Waals surface area contributed by atoms with E-state index in [-0.39, 0.29) is 31.6 Å². The van der Waals surface area contributed by atoms with Crippen LogP contribution in [0.25, 0.3) is 0 Å². The van der Waals surface area contributed by atoms with Crippen molar-refractivity contribution in [3.05, 3.63) is 47.0 Å². The van der Waals surface area contributed by atoms with Crippen molar-refractivity contribution in [3.63, 3.8) is 0 Å². The van der Waals surface area contributed by atoms with Gasteiger partial charge in [0.15, 0.2) is 0 Å². The highest BCUT2D eigenvalue weighted by Gasteiger charge is 2.43. The molecule has 2 aliphatic rings. The van der Waals surface area contributed by atoms with E-state index in [0.717, 1.165) is 6.42 Å². The Kier molecular flexibility index (Phi) is 10.3. The molecule has 0 radical (unpaired) electrons. The zero-order chi connectivity index (χ0) is 29.5. The molecule has 0 bridgehead atoms. The van der Waals surface area contributed by atoms with Crippen molar-refractivity contribution in [2.75, 3.05) is 26.2 Å². The van der Waals surface area contributed by atoms with Gasteiger partial charge >= 0.3 is 13.2 Å². The molecule has 0 saturated carbocycles. The molecule has 2 heterocycles. The number of nitriles is 2. The number of hydrogen-bond donors (Lipinski definition) is 3. The zero-order valence-electron chi connectivity index (χ0n) is 22.6. The fourth-order valence-corrected chi connectivity index (χ4v) is 5.05. The van der Waals surface area contributed by atoms with E-state index in [4.69, 9.17) is 4.74 Å². The van der Waals surface area contributed by atoms with E-state index in [1.807, 2.05) is 12.1 Å². The number of alkyl halides is 2. The summed E-state index contributed by atoms with van der Waals surface area (Å²) >= 11 is 0. The summed E-state index contributed by atoms with van der Waals surface area (Å²) in [6, 6.07) is 9.98. The number of carbonyl (C=O) groups excluding carboxylic acids is 2. The third-order valence-electron chi connectivity index (χ3n) is 7.37. The van der Waals surface area contributed by atoms with Gasteiger partial charge < -0.3 is 25.0 Å². The number of ether oxygens (including phenoxy) is 1. The van der Waals surface area contributed by atoms with Crippen LogP contribution in [-0.4, -0.2) is 88.7 Å². The quantitative estimate of drug-likeness (QED) is 0.238. The second-order valence-electron chi connectivity index (χ2n) is 10.7. The standard InChI is InChI=1S/C27H34BF2N5O5/c1-26(2,34-12-10-27(29,30)18-34)14-21(16-32)24(36)35-11-6-5-9-22(35)17-40-25(37)33-23(28(38)39)13-19-7-3-4-8-20(19)15-31/h3-4,7-8,14,22-23,38-39H,5-6,9-13,17-18H2,1-2H3,(H,33,37)/t22-,23?/m1/s1. The number of benzene rings is 1. The zero-order valence-corrected chi connectivity index (χ0v) is 22.6. The number of amides is 2. The molecule has 0 aliphatic carbocycles. The van der Waals surface area contributed by atoms with E-state index in [1.54, 1.807) is 43.0 Å². The molecule has 2 aliphatic heterocycles. The third kappa shape index (κ3) is 8.01. The number of alkyl carbamates (subject to hydrolysis) is 1. The molecule has 2 amide bonds. The number of halogens is 2. The Morgan fingerprint density at radius 2 is 2.00 bits per heavy atom. The predicted octanol–water partition coefficient (Wildman–Crippen LogP) is 2.16. The van der Waals surface area contributed by atoms with E-state index in [1.165, 1.54) is 11.0 Å². The van der Waals surface area contributed by atoms with E-state index in [2.05, 4.69) is 5.32 Å². The lowest BCUT2D eigenvalue weighted by Gasteiger charge is -2.36. The first-order valence-corrected chi connectivity index (χ1v) is 13.2. The van der Waals surface area contributed by atoms with Crippen LogP contribution in [0.15, 0.2) is 35.9 Å². The Balaban J connectivity index is 1.64. The topological polar surface area (TPSA) is 150 Å². The molecule has 3 N–H and O–H groups in total. The Hall–Kier alpha value is -3.52. The fourth-order valence-electron chi connectivity index (χ4n) is 5.05. The lowest BCUT2D eigenvalue weighted by molar-refractivity contribution is -0.131. The summed E-state index contributed by atoms with van der Waals surface area (Å²) in [5.74, 6) is -4.53. The number of carbonyl (C=O) groups is 2. The van der Waals surface area contributed by atoms with Crippen LogP contribution >= 0.6 is 0 Å². The van der Waals surface area contributed by atoms with Crippen LogP contribution in [0.1, 0.15) is 50.7 Å². The maximum atomic E-state index is 13.8. The molecule has 2 saturated heterocycles. The number of rotatable bonds is 9. The molecule has 2 fully saturated rings. The van der Waals surface area contributed by atoms with Gasteiger partial charge in [-0.15, -0.1) is 0 Å². The Labute approximate surface area is 232 Å². The first kappa shape index (κ1) is 31.0. The minimum atomic E-state index is -2.82. The summed E-state index contributed by atoms with van der Waals surface area (Å²) < 4.78 is 32.9. The lowest BCUT2D eigenvalue weighted by Crippen LogP contribution is -2.50. The summed E-state index contributed by atoms with van der Waals surface area (Å²) in [6.07, 6.45) is 2.14. The van der Waals surface area contributed by atoms with Gasteiger partial charge in [0.05, 0.1) is 30.2 Å². The van der Waals surface area contributed by atoms with Crippen LogP contribution < -0.4 is 5.32 Å². The van der Waals surface area contributed by atoms with Crippen LogP contribution in [0, 0.1) is 22.7 Å². The monoisotopic (exact) mass is 557 g/mol. The van der Waals surface area contributed by atoms with Crippen LogP contribution in [0.2, 0.25) is 0 Å². The predicted molar refractivity (Wildman–Crippen MR) is 142 cm³/mol. The summed E-state index contributed by atoms with van der Waals surface area (Å²) in [6.45, 7) is 3.19.